The molecule has 0 aromatic carbocycles. The summed E-state index contributed by atoms with van der Waals surface area (Å²) >= 11 is 0. The van der Waals surface area contributed by atoms with E-state index in [4.69, 9.17) is 0 Å². The van der Waals surface area contributed by atoms with Gasteiger partial charge in [0.25, 0.3) is 0 Å². The first-order chi connectivity index (χ1) is 8.47. The van der Waals surface area contributed by atoms with E-state index in [2.05, 4.69) is 27.0 Å². The Morgan fingerprint density at radius 3 is 2.24 bits per heavy atom. The highest BCUT2D eigenvalue weighted by Crippen LogP contribution is 2.15. The summed E-state index contributed by atoms with van der Waals surface area (Å²) < 4.78 is 0. The molecule has 0 unspecified atom stereocenters. The molecule has 0 bridgehead atoms. The second-order valence-electron chi connectivity index (χ2n) is 4.12. The molecule has 0 aliphatic carbocycles. The van der Waals surface area contributed by atoms with Crippen LogP contribution in [0.1, 0.15) is 19.3 Å². The van der Waals surface area contributed by atoms with Crippen LogP contribution in [0.4, 0.5) is 5.82 Å². The molecule has 2 aromatic heterocycles. The average molecular weight is 229 g/mol. The van der Waals surface area contributed by atoms with E-state index in [1.807, 2.05) is 36.8 Å². The summed E-state index contributed by atoms with van der Waals surface area (Å²) in [5.41, 5.74) is 0. The molecule has 0 radical (unpaired) electrons. The largest absolute Gasteiger partial charge is 0.368 e. The number of H-pyrrole nitrogens is 1. The van der Waals surface area contributed by atoms with Gasteiger partial charge in [0.1, 0.15) is 5.82 Å². The van der Waals surface area contributed by atoms with Crippen molar-refractivity contribution in [1.29, 1.82) is 0 Å². The van der Waals surface area contributed by atoms with Gasteiger partial charge in [-0.15, -0.1) is 0 Å². The van der Waals surface area contributed by atoms with E-state index >= 15 is 0 Å². The molecule has 3 heterocycles. The van der Waals surface area contributed by atoms with Gasteiger partial charge >= 0.3 is 0 Å². The van der Waals surface area contributed by atoms with Crippen molar-refractivity contribution < 1.29 is 0 Å². The Labute approximate surface area is 103 Å². The van der Waals surface area contributed by atoms with E-state index < -0.39 is 0 Å². The van der Waals surface area contributed by atoms with Crippen LogP contribution in [0.25, 0.3) is 0 Å². The molecule has 17 heavy (non-hydrogen) atoms. The molecule has 3 nitrogen and oxygen atoms in total. The third kappa shape index (κ3) is 3.94. The predicted molar refractivity (Wildman–Crippen MR) is 71.1 cm³/mol. The summed E-state index contributed by atoms with van der Waals surface area (Å²) in [6, 6.07) is 10.00. The van der Waals surface area contributed by atoms with Crippen molar-refractivity contribution in [1.82, 2.24) is 9.97 Å². The minimum atomic E-state index is 1.14. The van der Waals surface area contributed by atoms with Crippen molar-refractivity contribution in [2.45, 2.75) is 19.3 Å². The molecular formula is C14H19N3. The van der Waals surface area contributed by atoms with Gasteiger partial charge in [0.2, 0.25) is 0 Å². The molecule has 0 atom stereocenters. The van der Waals surface area contributed by atoms with Crippen LogP contribution in [0.2, 0.25) is 0 Å². The minimum absolute atomic E-state index is 1.14. The van der Waals surface area contributed by atoms with E-state index in [0.717, 1.165) is 5.82 Å². The van der Waals surface area contributed by atoms with Gasteiger partial charge in [-0.25, -0.2) is 4.98 Å². The monoisotopic (exact) mass is 229 g/mol. The van der Waals surface area contributed by atoms with Crippen molar-refractivity contribution in [3.63, 3.8) is 0 Å². The number of piperidine rings is 1. The smallest absolute Gasteiger partial charge is 0.128 e. The van der Waals surface area contributed by atoms with Crippen molar-refractivity contribution in [3.8, 4) is 0 Å². The maximum Gasteiger partial charge on any atom is 0.128 e. The maximum absolute atomic E-state index is 4.33. The first kappa shape index (κ1) is 11.7. The number of pyridine rings is 1. The predicted octanol–water partition coefficient (Wildman–Crippen LogP) is 3.09. The number of hydrogen-bond acceptors (Lipinski definition) is 2. The zero-order valence-corrected chi connectivity index (χ0v) is 10.0. The lowest BCUT2D eigenvalue weighted by molar-refractivity contribution is 0.573. The zero-order chi connectivity index (χ0) is 11.8. The molecule has 3 heteroatoms. The molecule has 1 aliphatic rings. The Balaban J connectivity index is 0.000000181. The fraction of sp³-hybridized carbons (Fsp3) is 0.357. The van der Waals surface area contributed by atoms with Crippen molar-refractivity contribution >= 4 is 5.82 Å². The molecule has 3 rings (SSSR count). The van der Waals surface area contributed by atoms with Gasteiger partial charge in [0, 0.05) is 31.7 Å². The van der Waals surface area contributed by atoms with Gasteiger partial charge in [-0.05, 0) is 43.5 Å². The molecule has 1 fully saturated rings. The van der Waals surface area contributed by atoms with Crippen LogP contribution in [0.3, 0.4) is 0 Å². The van der Waals surface area contributed by atoms with Crippen molar-refractivity contribution in [2.24, 2.45) is 0 Å². The summed E-state index contributed by atoms with van der Waals surface area (Å²) in [6.07, 6.45) is 9.63. The molecule has 0 spiro atoms. The lowest BCUT2D eigenvalue weighted by Crippen LogP contribution is -2.29. The van der Waals surface area contributed by atoms with Crippen LogP contribution in [-0.4, -0.2) is 23.1 Å². The van der Waals surface area contributed by atoms with Crippen LogP contribution in [0.5, 0.6) is 0 Å². The van der Waals surface area contributed by atoms with Gasteiger partial charge < -0.3 is 9.88 Å². The topological polar surface area (TPSA) is 31.9 Å². The Hall–Kier alpha value is -1.77. The second-order valence-corrected chi connectivity index (χ2v) is 4.12. The van der Waals surface area contributed by atoms with E-state index in [1.54, 1.807) is 0 Å². The van der Waals surface area contributed by atoms with E-state index in [-0.39, 0.29) is 0 Å². The van der Waals surface area contributed by atoms with Crippen molar-refractivity contribution in [2.75, 3.05) is 18.0 Å². The van der Waals surface area contributed by atoms with Gasteiger partial charge in [-0.1, -0.05) is 6.07 Å². The molecule has 1 saturated heterocycles. The molecule has 2 aromatic rings. The summed E-state index contributed by atoms with van der Waals surface area (Å²) in [5, 5.41) is 0. The normalized spacial score (nSPS) is 14.9. The third-order valence-electron chi connectivity index (χ3n) is 2.83. The van der Waals surface area contributed by atoms with Crippen LogP contribution < -0.4 is 4.90 Å². The lowest BCUT2D eigenvalue weighted by atomic mass is 10.1. The highest BCUT2D eigenvalue weighted by atomic mass is 15.2. The summed E-state index contributed by atoms with van der Waals surface area (Å²) in [6.45, 7) is 2.36. The van der Waals surface area contributed by atoms with Gasteiger partial charge in [0.15, 0.2) is 0 Å². The molecule has 1 aliphatic heterocycles. The average Bonchev–Trinajstić information content (AvgIpc) is 3.00. The Kier molecular flexibility index (Phi) is 4.64. The Morgan fingerprint density at radius 2 is 1.71 bits per heavy atom. The minimum Gasteiger partial charge on any atom is -0.368 e. The molecule has 1 N–H and O–H groups in total. The highest BCUT2D eigenvalue weighted by molar-refractivity contribution is 5.37. The van der Waals surface area contributed by atoms with E-state index in [0.29, 0.717) is 0 Å². The van der Waals surface area contributed by atoms with Crippen molar-refractivity contribution in [3.05, 3.63) is 48.9 Å². The Morgan fingerprint density at radius 1 is 0.941 bits per heavy atom. The number of nitrogens with one attached hydrogen (secondary N) is 1. The van der Waals surface area contributed by atoms with Crippen LogP contribution >= 0.6 is 0 Å². The van der Waals surface area contributed by atoms with Gasteiger partial charge in [-0.3, -0.25) is 0 Å². The maximum atomic E-state index is 4.33. The fourth-order valence-electron chi connectivity index (χ4n) is 1.94. The number of anilines is 1. The summed E-state index contributed by atoms with van der Waals surface area (Å²) in [7, 11) is 0. The summed E-state index contributed by atoms with van der Waals surface area (Å²) in [5.74, 6) is 1.14. The second kappa shape index (κ2) is 6.74. The summed E-state index contributed by atoms with van der Waals surface area (Å²) in [4.78, 5) is 9.55. The Bertz CT molecular complexity index is 360. The van der Waals surface area contributed by atoms with Gasteiger partial charge in [-0.2, -0.15) is 0 Å². The SMILES string of the molecule is c1cc[nH]c1.c1ccc(N2CCCCC2)nc1. The lowest BCUT2D eigenvalue weighted by Gasteiger charge is -2.27. The molecule has 0 amide bonds. The number of rotatable bonds is 1. The zero-order valence-electron chi connectivity index (χ0n) is 10.0. The highest BCUT2D eigenvalue weighted by Gasteiger charge is 2.10. The van der Waals surface area contributed by atoms with Crippen LogP contribution in [-0.2, 0) is 0 Å². The number of nitrogens with zero attached hydrogens (tertiary/aromatic N) is 2. The first-order valence-electron chi connectivity index (χ1n) is 6.20. The number of aromatic nitrogens is 2. The van der Waals surface area contributed by atoms with Crippen LogP contribution in [0, 0.1) is 0 Å². The van der Waals surface area contributed by atoms with E-state index in [9.17, 15) is 0 Å². The molecule has 90 valence electrons. The fourth-order valence-corrected chi connectivity index (χ4v) is 1.94. The number of aromatic amines is 1. The molecular weight excluding hydrogens is 210 g/mol. The standard InChI is InChI=1S/C10H14N2.C4H5N/c1-4-8-12(9-5-1)10-6-2-3-7-11-10;1-2-4-5-3-1/h2-3,6-7H,1,4-5,8-9H2;1-5H. The quantitative estimate of drug-likeness (QED) is 0.815. The first-order valence-corrected chi connectivity index (χ1v) is 6.20. The van der Waals surface area contributed by atoms with E-state index in [1.165, 1.54) is 32.4 Å². The third-order valence-corrected chi connectivity index (χ3v) is 2.83. The van der Waals surface area contributed by atoms with Crippen LogP contribution in [0.15, 0.2) is 48.9 Å². The number of hydrogen-bond donors (Lipinski definition) is 1. The molecule has 0 saturated carbocycles. The van der Waals surface area contributed by atoms with Gasteiger partial charge in [0.05, 0.1) is 0 Å².